The molecule has 0 aliphatic rings. The number of hydrogen-bond donors (Lipinski definition) is 0. The third-order valence-corrected chi connectivity index (χ3v) is 5.17. The molecule has 0 aliphatic carbocycles. The molecule has 0 spiro atoms. The van der Waals surface area contributed by atoms with Crippen molar-refractivity contribution in [1.82, 2.24) is 4.57 Å². The Balaban J connectivity index is 1.97. The van der Waals surface area contributed by atoms with E-state index in [1.807, 2.05) is 32.0 Å². The number of benzene rings is 2. The fourth-order valence-electron chi connectivity index (χ4n) is 2.54. The smallest absolute Gasteiger partial charge is 0.279 e. The lowest BCUT2D eigenvalue weighted by Crippen LogP contribution is -2.15. The van der Waals surface area contributed by atoms with Crippen molar-refractivity contribution in [2.24, 2.45) is 4.99 Å². The van der Waals surface area contributed by atoms with Crippen LogP contribution in [0.25, 0.3) is 10.2 Å². The first kappa shape index (κ1) is 17.9. The van der Waals surface area contributed by atoms with Crippen molar-refractivity contribution >= 4 is 43.4 Å². The number of amides is 1. The summed E-state index contributed by atoms with van der Waals surface area (Å²) in [6.07, 6.45) is 0.104. The molecule has 0 atom stereocenters. The van der Waals surface area contributed by atoms with Gasteiger partial charge in [0, 0.05) is 16.6 Å². The Bertz CT molecular complexity index is 971. The van der Waals surface area contributed by atoms with Gasteiger partial charge in [-0.2, -0.15) is 4.99 Å². The summed E-state index contributed by atoms with van der Waals surface area (Å²) in [6.45, 7) is 6.75. The number of halogens is 1. The first-order valence-electron chi connectivity index (χ1n) is 8.12. The SMILES string of the molecule is CCn1c(=NC(=O)c2ccc(OC(C)C)cc2)sc2cc(Br)ccc21. The van der Waals surface area contributed by atoms with Crippen LogP contribution in [0.1, 0.15) is 31.1 Å². The largest absolute Gasteiger partial charge is 0.491 e. The second-order valence-corrected chi connectivity index (χ2v) is 7.77. The zero-order valence-corrected chi connectivity index (χ0v) is 16.7. The van der Waals surface area contributed by atoms with Gasteiger partial charge in [-0.15, -0.1) is 0 Å². The van der Waals surface area contributed by atoms with Gasteiger partial charge in [-0.05, 0) is 63.2 Å². The predicted octanol–water partition coefficient (Wildman–Crippen LogP) is 5.01. The van der Waals surface area contributed by atoms with E-state index in [1.54, 1.807) is 24.3 Å². The molecule has 2 aromatic carbocycles. The fraction of sp³-hybridized carbons (Fsp3) is 0.263. The first-order chi connectivity index (χ1) is 12.0. The molecule has 3 rings (SSSR count). The van der Waals surface area contributed by atoms with Crippen LogP contribution in [0, 0.1) is 0 Å². The molecule has 4 nitrogen and oxygen atoms in total. The first-order valence-corrected chi connectivity index (χ1v) is 9.73. The minimum atomic E-state index is -0.246. The third kappa shape index (κ3) is 4.02. The van der Waals surface area contributed by atoms with Crippen LogP contribution in [0.4, 0.5) is 0 Å². The molecule has 0 bridgehead atoms. The molecule has 3 aromatic rings. The summed E-state index contributed by atoms with van der Waals surface area (Å²) < 4.78 is 9.78. The molecule has 25 heavy (non-hydrogen) atoms. The minimum absolute atomic E-state index is 0.104. The Labute approximate surface area is 158 Å². The molecule has 6 heteroatoms. The lowest BCUT2D eigenvalue weighted by molar-refractivity contribution is 0.0998. The molecule has 0 radical (unpaired) electrons. The molecule has 1 heterocycles. The summed E-state index contributed by atoms with van der Waals surface area (Å²) in [5, 5.41) is 0. The number of rotatable bonds is 4. The second-order valence-electron chi connectivity index (χ2n) is 5.85. The number of aromatic nitrogens is 1. The summed E-state index contributed by atoms with van der Waals surface area (Å²) in [6, 6.07) is 13.2. The van der Waals surface area contributed by atoms with Crippen molar-refractivity contribution in [2.75, 3.05) is 0 Å². The summed E-state index contributed by atoms with van der Waals surface area (Å²) in [5.74, 6) is 0.505. The van der Waals surface area contributed by atoms with Gasteiger partial charge in [0.2, 0.25) is 0 Å². The Hall–Kier alpha value is -1.92. The summed E-state index contributed by atoms with van der Waals surface area (Å²) in [5.41, 5.74) is 1.64. The maximum Gasteiger partial charge on any atom is 0.279 e. The average Bonchev–Trinajstić information content (AvgIpc) is 2.90. The number of thiazole rings is 1. The van der Waals surface area contributed by atoms with Crippen LogP contribution in [0.2, 0.25) is 0 Å². The van der Waals surface area contributed by atoms with Crippen LogP contribution in [-0.2, 0) is 6.54 Å². The van der Waals surface area contributed by atoms with E-state index < -0.39 is 0 Å². The summed E-state index contributed by atoms with van der Waals surface area (Å²) in [7, 11) is 0. The lowest BCUT2D eigenvalue weighted by atomic mass is 10.2. The Morgan fingerprint density at radius 3 is 2.60 bits per heavy atom. The maximum absolute atomic E-state index is 12.5. The van der Waals surface area contributed by atoms with Crippen molar-refractivity contribution in [3.63, 3.8) is 0 Å². The molecular weight excluding hydrogens is 400 g/mol. The van der Waals surface area contributed by atoms with E-state index in [0.717, 1.165) is 27.0 Å². The molecule has 0 N–H and O–H groups in total. The van der Waals surface area contributed by atoms with Gasteiger partial charge in [-0.3, -0.25) is 4.79 Å². The number of hydrogen-bond acceptors (Lipinski definition) is 3. The quantitative estimate of drug-likeness (QED) is 0.597. The second kappa shape index (κ2) is 7.54. The topological polar surface area (TPSA) is 43.6 Å². The summed E-state index contributed by atoms with van der Waals surface area (Å²) >= 11 is 5.01. The zero-order chi connectivity index (χ0) is 18.0. The van der Waals surface area contributed by atoms with Crippen LogP contribution in [-0.4, -0.2) is 16.6 Å². The lowest BCUT2D eigenvalue weighted by Gasteiger charge is -2.09. The van der Waals surface area contributed by atoms with Crippen molar-refractivity contribution < 1.29 is 9.53 Å². The highest BCUT2D eigenvalue weighted by atomic mass is 79.9. The number of carbonyl (C=O) groups is 1. The number of aryl methyl sites for hydroxylation is 1. The standard InChI is InChI=1S/C19H19BrN2O2S/c1-4-22-16-10-7-14(20)11-17(16)25-19(22)21-18(23)13-5-8-15(9-6-13)24-12(2)3/h5-12H,4H2,1-3H3. The highest BCUT2D eigenvalue weighted by Crippen LogP contribution is 2.22. The van der Waals surface area contributed by atoms with Gasteiger partial charge < -0.3 is 9.30 Å². The van der Waals surface area contributed by atoms with Gasteiger partial charge in [0.25, 0.3) is 5.91 Å². The Morgan fingerprint density at radius 1 is 1.24 bits per heavy atom. The van der Waals surface area contributed by atoms with E-state index >= 15 is 0 Å². The van der Waals surface area contributed by atoms with Crippen LogP contribution < -0.4 is 9.54 Å². The molecule has 0 aliphatic heterocycles. The van der Waals surface area contributed by atoms with Gasteiger partial charge >= 0.3 is 0 Å². The van der Waals surface area contributed by atoms with Gasteiger partial charge in [-0.25, -0.2) is 0 Å². The van der Waals surface area contributed by atoms with Crippen LogP contribution in [0.5, 0.6) is 5.75 Å². The van der Waals surface area contributed by atoms with E-state index in [2.05, 4.69) is 32.4 Å². The van der Waals surface area contributed by atoms with Crippen molar-refractivity contribution in [1.29, 1.82) is 0 Å². The van der Waals surface area contributed by atoms with Crippen molar-refractivity contribution in [2.45, 2.75) is 33.4 Å². The zero-order valence-electron chi connectivity index (χ0n) is 14.3. The number of fused-ring (bicyclic) bond motifs is 1. The fourth-order valence-corrected chi connectivity index (χ4v) is 4.18. The molecule has 0 fully saturated rings. The maximum atomic E-state index is 12.5. The predicted molar refractivity (Wildman–Crippen MR) is 105 cm³/mol. The molecule has 1 aromatic heterocycles. The number of nitrogens with zero attached hydrogens (tertiary/aromatic N) is 2. The normalized spacial score (nSPS) is 12.1. The molecular formula is C19H19BrN2O2S. The number of ether oxygens (including phenoxy) is 1. The van der Waals surface area contributed by atoms with Crippen molar-refractivity contribution in [3.05, 3.63) is 57.3 Å². The van der Waals surface area contributed by atoms with E-state index in [4.69, 9.17) is 4.74 Å². The number of carbonyl (C=O) groups excluding carboxylic acids is 1. The Morgan fingerprint density at radius 2 is 1.96 bits per heavy atom. The van der Waals surface area contributed by atoms with Crippen molar-refractivity contribution in [3.8, 4) is 5.75 Å². The van der Waals surface area contributed by atoms with E-state index in [9.17, 15) is 4.79 Å². The van der Waals surface area contributed by atoms with Gasteiger partial charge in [0.05, 0.1) is 16.3 Å². The minimum Gasteiger partial charge on any atom is -0.491 e. The Kier molecular flexibility index (Phi) is 5.39. The molecule has 0 saturated carbocycles. The van der Waals surface area contributed by atoms with E-state index in [0.29, 0.717) is 10.4 Å². The van der Waals surface area contributed by atoms with E-state index in [-0.39, 0.29) is 12.0 Å². The van der Waals surface area contributed by atoms with Gasteiger partial charge in [-0.1, -0.05) is 27.3 Å². The van der Waals surface area contributed by atoms with Crippen LogP contribution in [0.15, 0.2) is 51.9 Å². The average molecular weight is 419 g/mol. The summed E-state index contributed by atoms with van der Waals surface area (Å²) in [4.78, 5) is 17.6. The molecule has 0 unspecified atom stereocenters. The van der Waals surface area contributed by atoms with Gasteiger partial charge in [0.15, 0.2) is 4.80 Å². The highest BCUT2D eigenvalue weighted by Gasteiger charge is 2.09. The molecule has 130 valence electrons. The van der Waals surface area contributed by atoms with Crippen LogP contribution in [0.3, 0.4) is 0 Å². The molecule has 0 saturated heterocycles. The monoisotopic (exact) mass is 418 g/mol. The van der Waals surface area contributed by atoms with E-state index in [1.165, 1.54) is 11.3 Å². The highest BCUT2D eigenvalue weighted by molar-refractivity contribution is 9.10. The third-order valence-electron chi connectivity index (χ3n) is 3.63. The van der Waals surface area contributed by atoms with Gasteiger partial charge in [0.1, 0.15) is 5.75 Å². The molecule has 1 amide bonds. The van der Waals surface area contributed by atoms with Crippen LogP contribution >= 0.6 is 27.3 Å².